The van der Waals surface area contributed by atoms with Gasteiger partial charge < -0.3 is 10.2 Å². The molecule has 3 heterocycles. The molecule has 0 bridgehead atoms. The maximum absolute atomic E-state index is 14.5. The summed E-state index contributed by atoms with van der Waals surface area (Å²) < 4.78 is 68.7. The van der Waals surface area contributed by atoms with Gasteiger partial charge in [0, 0.05) is 27.5 Å². The van der Waals surface area contributed by atoms with E-state index in [2.05, 4.69) is 10.3 Å². The minimum Gasteiger partial charge on any atom is -0.369 e. The van der Waals surface area contributed by atoms with E-state index >= 15 is 0 Å². The molecule has 190 valence electrons. The summed E-state index contributed by atoms with van der Waals surface area (Å²) in [6.45, 7) is 1.01. The molecule has 2 aliphatic heterocycles. The van der Waals surface area contributed by atoms with Crippen molar-refractivity contribution in [3.05, 3.63) is 53.9 Å². The average molecular weight is 511 g/mol. The Hall–Kier alpha value is -2.66. The van der Waals surface area contributed by atoms with Gasteiger partial charge in [0.1, 0.15) is 18.0 Å². The maximum atomic E-state index is 14.5. The van der Waals surface area contributed by atoms with Gasteiger partial charge in [-0.3, -0.25) is 9.78 Å². The summed E-state index contributed by atoms with van der Waals surface area (Å²) in [6.07, 6.45) is 3.87. The van der Waals surface area contributed by atoms with Crippen molar-refractivity contribution in [2.45, 2.75) is 55.8 Å². The van der Waals surface area contributed by atoms with E-state index in [0.717, 1.165) is 60.7 Å². The standard InChI is InChI=1S/C24H27F3N4O3S.H2/c25-16-1-3-19(4-2-16)35(33,34)31-15-17(26)11-22(31)23(32)29-13-18-12-21(20(27)14-28-18)30-9-7-24(5-6-24)8-10-30;/h1-4,12,14,17,22H,5-11,13,15H2,(H,29,32);1H/t17-,22+;/m1./s1. The van der Waals surface area contributed by atoms with Crippen molar-refractivity contribution in [1.82, 2.24) is 14.6 Å². The first-order valence-corrected chi connectivity index (χ1v) is 13.2. The first-order valence-electron chi connectivity index (χ1n) is 11.8. The minimum atomic E-state index is -4.20. The number of pyridine rings is 1. The molecule has 1 amide bonds. The average Bonchev–Trinajstić information content (AvgIpc) is 3.47. The number of amides is 1. The molecule has 2 aromatic rings. The third-order valence-corrected chi connectivity index (χ3v) is 9.27. The molecule has 3 aliphatic rings. The third-order valence-electron chi connectivity index (χ3n) is 7.38. The van der Waals surface area contributed by atoms with Crippen molar-refractivity contribution in [3.63, 3.8) is 0 Å². The van der Waals surface area contributed by atoms with Crippen molar-refractivity contribution in [3.8, 4) is 0 Å². The molecular weight excluding hydrogens is 481 g/mol. The second-order valence-electron chi connectivity index (χ2n) is 9.71. The first kappa shape index (κ1) is 24.1. The van der Waals surface area contributed by atoms with Gasteiger partial charge >= 0.3 is 0 Å². The van der Waals surface area contributed by atoms with Gasteiger partial charge in [-0.2, -0.15) is 4.31 Å². The van der Waals surface area contributed by atoms with Crippen LogP contribution in [0.2, 0.25) is 0 Å². The zero-order valence-electron chi connectivity index (χ0n) is 19.1. The molecule has 1 aromatic heterocycles. The molecule has 3 fully saturated rings. The van der Waals surface area contributed by atoms with Crippen LogP contribution >= 0.6 is 0 Å². The number of nitrogens with zero attached hydrogens (tertiary/aromatic N) is 3. The van der Waals surface area contributed by atoms with E-state index in [4.69, 9.17) is 0 Å². The van der Waals surface area contributed by atoms with Crippen molar-refractivity contribution in [2.75, 3.05) is 24.5 Å². The van der Waals surface area contributed by atoms with Crippen LogP contribution in [0, 0.1) is 17.0 Å². The van der Waals surface area contributed by atoms with Gasteiger partial charge in [0.2, 0.25) is 15.9 Å². The number of nitrogens with one attached hydrogen (secondary N) is 1. The molecule has 5 rings (SSSR count). The Balaban J connectivity index is 0.00000304. The lowest BCUT2D eigenvalue weighted by atomic mass is 9.93. The second kappa shape index (κ2) is 9.09. The summed E-state index contributed by atoms with van der Waals surface area (Å²) in [5, 5.41) is 2.62. The molecule has 0 unspecified atom stereocenters. The topological polar surface area (TPSA) is 82.6 Å². The van der Waals surface area contributed by atoms with Gasteiger partial charge in [-0.15, -0.1) is 0 Å². The number of benzene rings is 1. The Morgan fingerprint density at radius 2 is 1.83 bits per heavy atom. The van der Waals surface area contributed by atoms with Crippen LogP contribution in [0.5, 0.6) is 0 Å². The van der Waals surface area contributed by atoms with E-state index < -0.39 is 46.3 Å². The van der Waals surface area contributed by atoms with Crippen LogP contribution in [0.15, 0.2) is 41.4 Å². The SMILES string of the molecule is O=C(NCc1cc(N2CCC3(CC2)CC3)c(F)cn1)[C@@H]1C[C@@H](F)CN1S(=O)(=O)c1ccc(F)cc1.[HH]. The van der Waals surface area contributed by atoms with E-state index in [-0.39, 0.29) is 19.3 Å². The number of carbonyl (C=O) groups excluding carboxylic acids is 1. The zero-order valence-corrected chi connectivity index (χ0v) is 19.9. The molecule has 2 atom stereocenters. The van der Waals surface area contributed by atoms with E-state index in [9.17, 15) is 26.4 Å². The summed E-state index contributed by atoms with van der Waals surface area (Å²) >= 11 is 0. The number of hydrogen-bond donors (Lipinski definition) is 1. The molecule has 1 aliphatic carbocycles. The molecule has 1 aromatic carbocycles. The van der Waals surface area contributed by atoms with Crippen LogP contribution in [-0.2, 0) is 21.4 Å². The second-order valence-corrected chi connectivity index (χ2v) is 11.6. The van der Waals surface area contributed by atoms with Crippen molar-refractivity contribution in [1.29, 1.82) is 0 Å². The molecule has 2 saturated heterocycles. The minimum absolute atomic E-state index is 0. The molecule has 1 spiro atoms. The van der Waals surface area contributed by atoms with Crippen LogP contribution in [0.3, 0.4) is 0 Å². The lowest BCUT2D eigenvalue weighted by molar-refractivity contribution is -0.124. The van der Waals surface area contributed by atoms with Gasteiger partial charge in [0.05, 0.1) is 29.0 Å². The van der Waals surface area contributed by atoms with Crippen molar-refractivity contribution >= 4 is 21.6 Å². The number of anilines is 1. The molecule has 1 saturated carbocycles. The summed E-state index contributed by atoms with van der Waals surface area (Å²) in [7, 11) is -4.20. The largest absolute Gasteiger partial charge is 0.369 e. The fourth-order valence-corrected chi connectivity index (χ4v) is 6.63. The lowest BCUT2D eigenvalue weighted by Gasteiger charge is -2.34. The van der Waals surface area contributed by atoms with E-state index in [0.29, 0.717) is 16.8 Å². The fraction of sp³-hybridized carbons (Fsp3) is 0.500. The zero-order chi connectivity index (χ0) is 24.8. The van der Waals surface area contributed by atoms with Crippen molar-refractivity contribution in [2.24, 2.45) is 5.41 Å². The van der Waals surface area contributed by atoms with Crippen LogP contribution in [0.4, 0.5) is 18.9 Å². The monoisotopic (exact) mass is 510 g/mol. The maximum Gasteiger partial charge on any atom is 0.243 e. The number of sulfonamides is 1. The fourth-order valence-electron chi connectivity index (χ4n) is 5.01. The smallest absolute Gasteiger partial charge is 0.243 e. The highest BCUT2D eigenvalue weighted by Gasteiger charge is 2.45. The number of alkyl halides is 1. The van der Waals surface area contributed by atoms with Crippen LogP contribution in [0.1, 0.15) is 39.2 Å². The molecule has 7 nitrogen and oxygen atoms in total. The molecular formula is C24H29F3N4O3S. The molecule has 1 N–H and O–H groups in total. The predicted molar refractivity (Wildman–Crippen MR) is 125 cm³/mol. The summed E-state index contributed by atoms with van der Waals surface area (Å²) in [4.78, 5) is 18.7. The first-order chi connectivity index (χ1) is 16.7. The number of halogens is 3. The number of rotatable bonds is 6. The van der Waals surface area contributed by atoms with E-state index in [1.54, 1.807) is 6.07 Å². The predicted octanol–water partition coefficient (Wildman–Crippen LogP) is 3.40. The highest BCUT2D eigenvalue weighted by Crippen LogP contribution is 2.54. The van der Waals surface area contributed by atoms with Gasteiger partial charge in [-0.1, -0.05) is 0 Å². The number of hydrogen-bond acceptors (Lipinski definition) is 5. The molecule has 0 radical (unpaired) electrons. The Bertz CT molecular complexity index is 1220. The quantitative estimate of drug-likeness (QED) is 0.644. The lowest BCUT2D eigenvalue weighted by Crippen LogP contribution is -2.45. The summed E-state index contributed by atoms with van der Waals surface area (Å²) in [5.74, 6) is -1.71. The Kier molecular flexibility index (Phi) is 6.25. The Morgan fingerprint density at radius 1 is 1.14 bits per heavy atom. The van der Waals surface area contributed by atoms with Gasteiger partial charge in [0.25, 0.3) is 0 Å². The molecule has 11 heteroatoms. The van der Waals surface area contributed by atoms with Crippen LogP contribution in [0.25, 0.3) is 0 Å². The third kappa shape index (κ3) is 4.88. The Morgan fingerprint density at radius 3 is 2.49 bits per heavy atom. The summed E-state index contributed by atoms with van der Waals surface area (Å²) in [5.41, 5.74) is 1.31. The van der Waals surface area contributed by atoms with Crippen LogP contribution in [-0.4, -0.2) is 55.5 Å². The summed E-state index contributed by atoms with van der Waals surface area (Å²) in [6, 6.07) is 4.50. The number of aromatic nitrogens is 1. The van der Waals surface area contributed by atoms with E-state index in [1.165, 1.54) is 12.8 Å². The number of carbonyl (C=O) groups is 1. The van der Waals surface area contributed by atoms with Gasteiger partial charge in [0.15, 0.2) is 5.82 Å². The number of piperidine rings is 1. The van der Waals surface area contributed by atoms with Gasteiger partial charge in [-0.25, -0.2) is 21.6 Å². The highest BCUT2D eigenvalue weighted by molar-refractivity contribution is 7.89. The molecule has 35 heavy (non-hydrogen) atoms. The van der Waals surface area contributed by atoms with Gasteiger partial charge in [-0.05, 0) is 61.4 Å². The van der Waals surface area contributed by atoms with E-state index in [1.807, 2.05) is 4.90 Å². The normalized spacial score (nSPS) is 24.0. The Labute approximate surface area is 203 Å². The van der Waals surface area contributed by atoms with Crippen LogP contribution < -0.4 is 10.2 Å². The van der Waals surface area contributed by atoms with Crippen molar-refractivity contribution < 1.29 is 27.8 Å². The highest BCUT2D eigenvalue weighted by atomic mass is 32.2.